The molecule has 1 heterocycles. The third-order valence-corrected chi connectivity index (χ3v) is 4.12. The Hall–Kier alpha value is -0.710. The molecule has 1 aliphatic rings. The van der Waals surface area contributed by atoms with Crippen LogP contribution in [0.2, 0.25) is 0 Å². The molecule has 19 heavy (non-hydrogen) atoms. The molecule has 1 saturated heterocycles. The number of nitrogens with zero attached hydrogens (tertiary/aromatic N) is 1. The number of rotatable bonds is 5. The molecule has 1 atom stereocenters. The minimum absolute atomic E-state index is 0.0966. The minimum atomic E-state index is 0.0966. The molecule has 0 aromatic heterocycles. The number of carbonyl (C=O) groups excluding carboxylic acids is 1. The lowest BCUT2D eigenvalue weighted by atomic mass is 9.85. The summed E-state index contributed by atoms with van der Waals surface area (Å²) in [6, 6.07) is 0.474. The molecule has 1 unspecified atom stereocenters. The molecule has 0 spiro atoms. The molecule has 0 radical (unpaired) electrons. The molecule has 2 N–H and O–H groups in total. The minimum Gasteiger partial charge on any atom is -0.362 e. The van der Waals surface area contributed by atoms with Gasteiger partial charge in [-0.05, 0) is 18.3 Å². The highest BCUT2D eigenvalue weighted by Crippen LogP contribution is 2.27. The topological polar surface area (TPSA) is 53.5 Å². The third kappa shape index (κ3) is 6.32. The first-order chi connectivity index (χ1) is 8.93. The average Bonchev–Trinajstić information content (AvgIpc) is 2.36. The normalized spacial score (nSPS) is 22.1. The van der Waals surface area contributed by atoms with Crippen LogP contribution in [-0.2, 0) is 4.79 Å². The van der Waals surface area contributed by atoms with Gasteiger partial charge in [0.2, 0.25) is 5.91 Å². The van der Waals surface area contributed by atoms with Gasteiger partial charge < -0.3 is 10.6 Å². The van der Waals surface area contributed by atoms with Crippen LogP contribution in [0.4, 0.5) is 0 Å². The lowest BCUT2D eigenvalue weighted by Gasteiger charge is -2.35. The Morgan fingerprint density at radius 2 is 2.26 bits per heavy atom. The van der Waals surface area contributed by atoms with Crippen molar-refractivity contribution < 1.29 is 4.79 Å². The van der Waals surface area contributed by atoms with Gasteiger partial charge in [0.15, 0.2) is 5.17 Å². The largest absolute Gasteiger partial charge is 0.362 e. The number of aliphatic imine (C=N–C) groups is 1. The molecule has 0 bridgehead atoms. The summed E-state index contributed by atoms with van der Waals surface area (Å²) in [7, 11) is 0. The van der Waals surface area contributed by atoms with E-state index in [9.17, 15) is 4.79 Å². The van der Waals surface area contributed by atoms with Gasteiger partial charge in [-0.15, -0.1) is 0 Å². The summed E-state index contributed by atoms with van der Waals surface area (Å²) in [5, 5.41) is 7.35. The summed E-state index contributed by atoms with van der Waals surface area (Å²) < 4.78 is 0. The highest BCUT2D eigenvalue weighted by atomic mass is 32.2. The van der Waals surface area contributed by atoms with Gasteiger partial charge >= 0.3 is 0 Å². The van der Waals surface area contributed by atoms with E-state index in [1.807, 2.05) is 0 Å². The Labute approximate surface area is 121 Å². The molecular formula is C14H27N3OS. The maximum Gasteiger partial charge on any atom is 0.221 e. The van der Waals surface area contributed by atoms with Crippen molar-refractivity contribution in [3.63, 3.8) is 0 Å². The Morgan fingerprint density at radius 1 is 1.53 bits per heavy atom. The van der Waals surface area contributed by atoms with Crippen LogP contribution in [0.25, 0.3) is 0 Å². The van der Waals surface area contributed by atoms with Crippen molar-refractivity contribution in [2.75, 3.05) is 18.8 Å². The number of carbonyl (C=O) groups is 1. The lowest BCUT2D eigenvalue weighted by Crippen LogP contribution is -2.46. The molecule has 0 aromatic rings. The Kier molecular flexibility index (Phi) is 6.69. The molecule has 4 nitrogen and oxygen atoms in total. The van der Waals surface area contributed by atoms with Crippen molar-refractivity contribution in [1.29, 1.82) is 0 Å². The molecule has 0 saturated carbocycles. The van der Waals surface area contributed by atoms with E-state index in [2.05, 4.69) is 43.3 Å². The molecular weight excluding hydrogens is 258 g/mol. The molecule has 1 amide bonds. The predicted octanol–water partition coefficient (Wildman–Crippen LogP) is 2.40. The van der Waals surface area contributed by atoms with Crippen molar-refractivity contribution in [3.05, 3.63) is 0 Å². The summed E-state index contributed by atoms with van der Waals surface area (Å²) in [4.78, 5) is 16.0. The van der Waals surface area contributed by atoms with Crippen LogP contribution in [0, 0.1) is 5.41 Å². The van der Waals surface area contributed by atoms with Gasteiger partial charge in [0.25, 0.3) is 0 Å². The second-order valence-electron chi connectivity index (χ2n) is 5.99. The van der Waals surface area contributed by atoms with Gasteiger partial charge in [0, 0.05) is 24.8 Å². The highest BCUT2D eigenvalue weighted by molar-refractivity contribution is 8.13. The van der Waals surface area contributed by atoms with Crippen LogP contribution in [0.3, 0.4) is 0 Å². The van der Waals surface area contributed by atoms with Crippen LogP contribution in [0.15, 0.2) is 4.99 Å². The maximum atomic E-state index is 11.5. The van der Waals surface area contributed by atoms with Crippen LogP contribution < -0.4 is 10.6 Å². The van der Waals surface area contributed by atoms with Gasteiger partial charge in [-0.1, -0.05) is 39.5 Å². The summed E-state index contributed by atoms with van der Waals surface area (Å²) in [6.45, 7) is 10.1. The van der Waals surface area contributed by atoms with Gasteiger partial charge in [-0.3, -0.25) is 9.79 Å². The summed E-state index contributed by atoms with van der Waals surface area (Å²) in [6.07, 6.45) is 2.63. The number of amidine groups is 1. The fraction of sp³-hybridized carbons (Fsp3) is 0.857. The average molecular weight is 285 g/mol. The second kappa shape index (κ2) is 7.78. The Morgan fingerprint density at radius 3 is 2.89 bits per heavy atom. The molecule has 1 fully saturated rings. The standard InChI is InChI=1S/C14H27N3OS/c1-5-8-15-12(18)6-9-16-13-17-11(7-10-19-13)14(2,3)4/h11H,5-10H2,1-4H3,(H,15,18)(H,16,17). The van der Waals surface area contributed by atoms with E-state index in [1.165, 1.54) is 6.42 Å². The van der Waals surface area contributed by atoms with E-state index < -0.39 is 0 Å². The van der Waals surface area contributed by atoms with E-state index in [0.29, 0.717) is 19.0 Å². The fourth-order valence-electron chi connectivity index (χ4n) is 1.89. The smallest absolute Gasteiger partial charge is 0.221 e. The maximum absolute atomic E-state index is 11.5. The zero-order valence-electron chi connectivity index (χ0n) is 12.6. The zero-order chi connectivity index (χ0) is 14.3. The Bertz CT molecular complexity index is 323. The van der Waals surface area contributed by atoms with E-state index in [-0.39, 0.29) is 11.3 Å². The van der Waals surface area contributed by atoms with Crippen LogP contribution in [0.5, 0.6) is 0 Å². The number of hydrogen-bond donors (Lipinski definition) is 2. The van der Waals surface area contributed by atoms with Gasteiger partial charge in [-0.2, -0.15) is 0 Å². The number of thioether (sulfide) groups is 1. The fourth-order valence-corrected chi connectivity index (χ4v) is 2.84. The summed E-state index contributed by atoms with van der Waals surface area (Å²) in [5.74, 6) is 1.20. The van der Waals surface area contributed by atoms with E-state index in [0.717, 1.165) is 23.9 Å². The van der Waals surface area contributed by atoms with E-state index in [1.54, 1.807) is 11.8 Å². The van der Waals surface area contributed by atoms with Gasteiger partial charge in [0.1, 0.15) is 0 Å². The van der Waals surface area contributed by atoms with Crippen LogP contribution in [-0.4, -0.2) is 36.0 Å². The number of amides is 1. The summed E-state index contributed by atoms with van der Waals surface area (Å²) >= 11 is 1.76. The molecule has 0 aromatic carbocycles. The molecule has 0 aliphatic carbocycles. The van der Waals surface area contributed by atoms with Crippen LogP contribution >= 0.6 is 11.8 Å². The van der Waals surface area contributed by atoms with Gasteiger partial charge in [0.05, 0.1) is 6.54 Å². The van der Waals surface area contributed by atoms with Crippen LogP contribution in [0.1, 0.15) is 47.0 Å². The summed E-state index contributed by atoms with van der Waals surface area (Å²) in [5.41, 5.74) is 0.250. The van der Waals surface area contributed by atoms with Crippen molar-refractivity contribution in [2.24, 2.45) is 10.4 Å². The Balaban J connectivity index is 2.34. The first-order valence-corrected chi connectivity index (χ1v) is 8.12. The van der Waals surface area contributed by atoms with Crippen molar-refractivity contribution in [1.82, 2.24) is 10.6 Å². The van der Waals surface area contributed by atoms with Crippen molar-refractivity contribution >= 4 is 22.8 Å². The lowest BCUT2D eigenvalue weighted by molar-refractivity contribution is -0.120. The second-order valence-corrected chi connectivity index (χ2v) is 7.07. The molecule has 1 aliphatic heterocycles. The highest BCUT2D eigenvalue weighted by Gasteiger charge is 2.28. The monoisotopic (exact) mass is 285 g/mol. The SMILES string of the molecule is CCCNC(=O)CCN=C1NC(C(C)(C)C)CCS1. The molecule has 110 valence electrons. The predicted molar refractivity (Wildman–Crippen MR) is 83.7 cm³/mol. The van der Waals surface area contributed by atoms with Gasteiger partial charge in [-0.25, -0.2) is 0 Å². The first-order valence-electron chi connectivity index (χ1n) is 7.14. The zero-order valence-corrected chi connectivity index (χ0v) is 13.4. The number of hydrogen-bond acceptors (Lipinski definition) is 3. The first kappa shape index (κ1) is 16.3. The van der Waals surface area contributed by atoms with Crippen molar-refractivity contribution in [3.8, 4) is 0 Å². The molecule has 1 rings (SSSR count). The number of nitrogens with one attached hydrogen (secondary N) is 2. The third-order valence-electron chi connectivity index (χ3n) is 3.15. The molecule has 5 heteroatoms. The van der Waals surface area contributed by atoms with E-state index in [4.69, 9.17) is 0 Å². The quantitative estimate of drug-likeness (QED) is 0.815. The van der Waals surface area contributed by atoms with E-state index >= 15 is 0 Å². The van der Waals surface area contributed by atoms with Crippen molar-refractivity contribution in [2.45, 2.75) is 53.0 Å².